The van der Waals surface area contributed by atoms with Crippen molar-refractivity contribution < 1.29 is 8.91 Å². The van der Waals surface area contributed by atoms with E-state index in [9.17, 15) is 4.79 Å². The minimum atomic E-state index is -2.37. The van der Waals surface area contributed by atoms with Crippen molar-refractivity contribution in [2.45, 2.75) is 19.4 Å². The standard InChI is InChI=1S/C11H15NO/c1-10(12(2)9-13)8-11-6-4-3-5-7-11/h3-7,9-10H,8H2,1-2H3/i2D3. The molecule has 0 radical (unpaired) electrons. The number of carbonyl (C=O) groups is 1. The molecule has 0 heterocycles. The van der Waals surface area contributed by atoms with Crippen LogP contribution in [0.4, 0.5) is 0 Å². The Morgan fingerprint density at radius 3 is 2.77 bits per heavy atom. The van der Waals surface area contributed by atoms with Crippen LogP contribution in [0.15, 0.2) is 30.3 Å². The average molecular weight is 180 g/mol. The average Bonchev–Trinajstić information content (AvgIpc) is 2.17. The number of rotatable bonds is 4. The van der Waals surface area contributed by atoms with Crippen molar-refractivity contribution in [1.29, 1.82) is 0 Å². The number of benzene rings is 1. The first kappa shape index (κ1) is 6.19. The molecule has 0 saturated heterocycles. The van der Waals surface area contributed by atoms with E-state index in [0.717, 1.165) is 10.5 Å². The minimum Gasteiger partial charge on any atom is -0.345 e. The Morgan fingerprint density at radius 1 is 1.54 bits per heavy atom. The van der Waals surface area contributed by atoms with E-state index in [2.05, 4.69) is 0 Å². The lowest BCUT2D eigenvalue weighted by molar-refractivity contribution is -0.118. The Kier molecular flexibility index (Phi) is 2.21. The van der Waals surface area contributed by atoms with Gasteiger partial charge in [-0.15, -0.1) is 0 Å². The molecule has 1 aromatic rings. The van der Waals surface area contributed by atoms with Gasteiger partial charge < -0.3 is 4.90 Å². The van der Waals surface area contributed by atoms with E-state index in [1.54, 1.807) is 6.92 Å². The summed E-state index contributed by atoms with van der Waals surface area (Å²) in [5, 5.41) is 0. The first-order valence-electron chi connectivity index (χ1n) is 5.73. The Hall–Kier alpha value is -1.31. The van der Waals surface area contributed by atoms with E-state index >= 15 is 0 Å². The summed E-state index contributed by atoms with van der Waals surface area (Å²) in [6, 6.07) is 9.17. The van der Waals surface area contributed by atoms with Crippen molar-refractivity contribution in [1.82, 2.24) is 4.90 Å². The molecule has 1 atom stereocenters. The molecule has 1 aromatic carbocycles. The lowest BCUT2D eigenvalue weighted by Crippen LogP contribution is -2.29. The van der Waals surface area contributed by atoms with Crippen LogP contribution in [0.3, 0.4) is 0 Å². The van der Waals surface area contributed by atoms with Crippen LogP contribution >= 0.6 is 0 Å². The maximum absolute atomic E-state index is 10.7. The highest BCUT2D eigenvalue weighted by atomic mass is 16.1. The van der Waals surface area contributed by atoms with Gasteiger partial charge in [0.1, 0.15) is 0 Å². The minimum absolute atomic E-state index is 0.340. The Bertz CT molecular complexity index is 337. The molecule has 0 aromatic heterocycles. The van der Waals surface area contributed by atoms with Crippen molar-refractivity contribution in [3.63, 3.8) is 0 Å². The molecule has 0 bridgehead atoms. The highest BCUT2D eigenvalue weighted by molar-refractivity contribution is 5.47. The molecule has 0 saturated carbocycles. The fraction of sp³-hybridized carbons (Fsp3) is 0.364. The molecule has 0 fully saturated rings. The molecule has 1 amide bonds. The van der Waals surface area contributed by atoms with E-state index in [1.165, 1.54) is 0 Å². The predicted octanol–water partition coefficient (Wildman–Crippen LogP) is 1.71. The summed E-state index contributed by atoms with van der Waals surface area (Å²) in [4.78, 5) is 11.6. The van der Waals surface area contributed by atoms with Crippen LogP contribution in [0, 0.1) is 0 Å². The van der Waals surface area contributed by atoms with Crippen LogP contribution in [-0.2, 0) is 11.2 Å². The van der Waals surface area contributed by atoms with Crippen LogP contribution in [-0.4, -0.2) is 24.3 Å². The van der Waals surface area contributed by atoms with Crippen LogP contribution in [0.2, 0.25) is 0 Å². The molecule has 2 heteroatoms. The topological polar surface area (TPSA) is 20.3 Å². The number of hydrogen-bond donors (Lipinski definition) is 0. The third kappa shape index (κ3) is 2.90. The van der Waals surface area contributed by atoms with E-state index in [1.807, 2.05) is 30.3 Å². The molecule has 0 N–H and O–H groups in total. The molecule has 0 aliphatic rings. The normalized spacial score (nSPS) is 16.5. The van der Waals surface area contributed by atoms with Gasteiger partial charge >= 0.3 is 0 Å². The Balaban J connectivity index is 2.71. The molecular weight excluding hydrogens is 162 g/mol. The number of nitrogens with zero attached hydrogens (tertiary/aromatic N) is 1. The largest absolute Gasteiger partial charge is 0.345 e. The molecular formula is C11H15NO. The highest BCUT2D eigenvalue weighted by Gasteiger charge is 2.06. The summed E-state index contributed by atoms with van der Waals surface area (Å²) in [5.74, 6) is 0. The van der Waals surface area contributed by atoms with Crippen LogP contribution < -0.4 is 0 Å². The molecule has 2 nitrogen and oxygen atoms in total. The monoisotopic (exact) mass is 180 g/mol. The van der Waals surface area contributed by atoms with Crippen molar-refractivity contribution in [2.24, 2.45) is 0 Å². The first-order chi connectivity index (χ1) is 7.45. The lowest BCUT2D eigenvalue weighted by atomic mass is 10.1. The lowest BCUT2D eigenvalue weighted by Gasteiger charge is -2.19. The fourth-order valence-electron chi connectivity index (χ4n) is 1.16. The van der Waals surface area contributed by atoms with Crippen LogP contribution in [0.5, 0.6) is 0 Å². The van der Waals surface area contributed by atoms with Crippen LogP contribution in [0.1, 0.15) is 16.6 Å². The van der Waals surface area contributed by atoms with E-state index in [-0.39, 0.29) is 6.04 Å². The zero-order valence-corrected chi connectivity index (χ0v) is 7.60. The van der Waals surface area contributed by atoms with Crippen molar-refractivity contribution in [2.75, 3.05) is 6.98 Å². The van der Waals surface area contributed by atoms with Gasteiger partial charge in [0.15, 0.2) is 0 Å². The fourth-order valence-corrected chi connectivity index (χ4v) is 1.16. The van der Waals surface area contributed by atoms with Gasteiger partial charge in [-0.3, -0.25) is 4.79 Å². The zero-order chi connectivity index (χ0) is 12.2. The summed E-state index contributed by atoms with van der Waals surface area (Å²) in [7, 11) is 0. The van der Waals surface area contributed by atoms with Gasteiger partial charge in [-0.2, -0.15) is 0 Å². The number of carbonyl (C=O) groups excluding carboxylic acids is 1. The van der Waals surface area contributed by atoms with E-state index in [4.69, 9.17) is 4.11 Å². The van der Waals surface area contributed by atoms with Gasteiger partial charge in [-0.1, -0.05) is 30.3 Å². The zero-order valence-electron chi connectivity index (χ0n) is 10.6. The number of hydrogen-bond acceptors (Lipinski definition) is 1. The SMILES string of the molecule is [2H]C([2H])([2H])N(C=O)C(C)Cc1ccccc1. The Labute approximate surface area is 83.4 Å². The van der Waals surface area contributed by atoms with Gasteiger partial charge in [0, 0.05) is 17.1 Å². The molecule has 0 aliphatic carbocycles. The van der Waals surface area contributed by atoms with Gasteiger partial charge in [-0.05, 0) is 18.9 Å². The molecule has 1 unspecified atom stereocenters. The summed E-state index contributed by atoms with van der Waals surface area (Å²) < 4.78 is 21.6. The molecule has 0 aliphatic heterocycles. The summed E-state index contributed by atoms with van der Waals surface area (Å²) in [5.41, 5.74) is 1.02. The first-order valence-corrected chi connectivity index (χ1v) is 4.23. The summed E-state index contributed by atoms with van der Waals surface area (Å²) >= 11 is 0. The van der Waals surface area contributed by atoms with Gasteiger partial charge in [0.2, 0.25) is 6.41 Å². The van der Waals surface area contributed by atoms with Crippen LogP contribution in [0.25, 0.3) is 0 Å². The van der Waals surface area contributed by atoms with Gasteiger partial charge in [0.05, 0.1) is 0 Å². The van der Waals surface area contributed by atoms with Crippen molar-refractivity contribution in [3.05, 3.63) is 35.9 Å². The molecule has 13 heavy (non-hydrogen) atoms. The maximum atomic E-state index is 10.7. The second kappa shape index (κ2) is 4.65. The second-order valence-electron chi connectivity index (χ2n) is 3.05. The smallest absolute Gasteiger partial charge is 0.209 e. The third-order valence-corrected chi connectivity index (χ3v) is 1.96. The van der Waals surface area contributed by atoms with E-state index < -0.39 is 6.98 Å². The third-order valence-electron chi connectivity index (χ3n) is 1.96. The number of likely N-dealkylation sites (N-methyl/N-ethyl adjacent to an activating group) is 1. The molecule has 0 spiro atoms. The maximum Gasteiger partial charge on any atom is 0.209 e. The van der Waals surface area contributed by atoms with Crippen molar-refractivity contribution in [3.8, 4) is 0 Å². The Morgan fingerprint density at radius 2 is 2.23 bits per heavy atom. The number of amides is 1. The quantitative estimate of drug-likeness (QED) is 0.646. The molecule has 70 valence electrons. The van der Waals surface area contributed by atoms with Gasteiger partial charge in [-0.25, -0.2) is 0 Å². The predicted molar refractivity (Wildman–Crippen MR) is 53.4 cm³/mol. The highest BCUT2D eigenvalue weighted by Crippen LogP contribution is 2.05. The molecule has 1 rings (SSSR count). The van der Waals surface area contributed by atoms with Crippen molar-refractivity contribution >= 4 is 6.41 Å². The second-order valence-corrected chi connectivity index (χ2v) is 3.05. The van der Waals surface area contributed by atoms with Gasteiger partial charge in [0.25, 0.3) is 0 Å². The summed E-state index contributed by atoms with van der Waals surface area (Å²) in [6.07, 6.45) is 0.929. The summed E-state index contributed by atoms with van der Waals surface area (Å²) in [6.45, 7) is -0.635. The van der Waals surface area contributed by atoms with E-state index in [0.29, 0.717) is 12.8 Å².